The van der Waals surface area contributed by atoms with E-state index in [4.69, 9.17) is 9.47 Å². The zero-order valence-electron chi connectivity index (χ0n) is 15.1. The second-order valence-electron chi connectivity index (χ2n) is 7.40. The van der Waals surface area contributed by atoms with E-state index in [1.807, 2.05) is 7.11 Å². The van der Waals surface area contributed by atoms with E-state index in [2.05, 4.69) is 41.3 Å². The van der Waals surface area contributed by atoms with E-state index in [-0.39, 0.29) is 17.7 Å². The van der Waals surface area contributed by atoms with Crippen molar-refractivity contribution in [2.24, 2.45) is 0 Å². The van der Waals surface area contributed by atoms with Crippen molar-refractivity contribution >= 4 is 10.8 Å². The molecule has 2 aromatic carbocycles. The van der Waals surface area contributed by atoms with Gasteiger partial charge in [0.2, 0.25) is 0 Å². The average Bonchev–Trinajstić information content (AvgIpc) is 3.00. The highest BCUT2D eigenvalue weighted by molar-refractivity contribution is 5.87. The Morgan fingerprint density at radius 3 is 2.80 bits per heavy atom. The normalized spacial score (nSPS) is 29.7. The zero-order chi connectivity index (χ0) is 17.4. The number of rotatable bonds is 4. The molecular formula is C21H27NO3. The Kier molecular flexibility index (Phi) is 4.44. The summed E-state index contributed by atoms with van der Waals surface area (Å²) < 4.78 is 11.6. The van der Waals surface area contributed by atoms with E-state index < -0.39 is 0 Å². The second-order valence-corrected chi connectivity index (χ2v) is 7.40. The Balaban J connectivity index is 1.69. The number of likely N-dealkylation sites (tertiary alicyclic amines) is 1. The summed E-state index contributed by atoms with van der Waals surface area (Å²) in [5.74, 6) is 0.935. The first-order valence-corrected chi connectivity index (χ1v) is 9.19. The predicted octanol–water partition coefficient (Wildman–Crippen LogP) is 3.35. The largest absolute Gasteiger partial charge is 0.496 e. The van der Waals surface area contributed by atoms with Gasteiger partial charge in [-0.1, -0.05) is 30.3 Å². The Morgan fingerprint density at radius 2 is 2.00 bits per heavy atom. The van der Waals surface area contributed by atoms with Crippen LogP contribution in [0, 0.1) is 0 Å². The van der Waals surface area contributed by atoms with Gasteiger partial charge in [0.15, 0.2) is 0 Å². The van der Waals surface area contributed by atoms with Crippen LogP contribution in [-0.2, 0) is 11.3 Å². The molecule has 4 rings (SSSR count). The molecule has 1 N–H and O–H groups in total. The molecule has 0 radical (unpaired) electrons. The Morgan fingerprint density at radius 1 is 1.16 bits per heavy atom. The van der Waals surface area contributed by atoms with Crippen LogP contribution in [0.15, 0.2) is 36.4 Å². The number of nitrogens with zero attached hydrogens (tertiary/aromatic N) is 1. The van der Waals surface area contributed by atoms with Gasteiger partial charge in [-0.15, -0.1) is 0 Å². The van der Waals surface area contributed by atoms with Crippen molar-refractivity contribution in [1.29, 1.82) is 0 Å². The molecule has 1 aliphatic heterocycles. The lowest BCUT2D eigenvalue weighted by atomic mass is 9.79. The van der Waals surface area contributed by atoms with Crippen molar-refractivity contribution < 1.29 is 14.6 Å². The van der Waals surface area contributed by atoms with Gasteiger partial charge in [0, 0.05) is 31.8 Å². The number of aliphatic hydroxyl groups is 1. The highest BCUT2D eigenvalue weighted by Crippen LogP contribution is 2.44. The van der Waals surface area contributed by atoms with Crippen LogP contribution in [0.5, 0.6) is 5.75 Å². The summed E-state index contributed by atoms with van der Waals surface area (Å²) in [5.41, 5.74) is 1.13. The monoisotopic (exact) mass is 341 g/mol. The third-order valence-electron chi connectivity index (χ3n) is 6.25. The average molecular weight is 341 g/mol. The summed E-state index contributed by atoms with van der Waals surface area (Å²) in [4.78, 5) is 2.48. The molecule has 0 unspecified atom stereocenters. The van der Waals surface area contributed by atoms with E-state index in [1.54, 1.807) is 7.11 Å². The molecule has 1 saturated carbocycles. The SMILES string of the molecule is COc1ccc2ccccc2c1CN1CC[C@]2(OC)CC[C@@H](O)C[C@H]12. The number of hydrogen-bond donors (Lipinski definition) is 1. The van der Waals surface area contributed by atoms with Gasteiger partial charge in [0.05, 0.1) is 18.8 Å². The molecular weight excluding hydrogens is 314 g/mol. The van der Waals surface area contributed by atoms with Crippen molar-refractivity contribution in [2.45, 2.75) is 50.0 Å². The van der Waals surface area contributed by atoms with Crippen LogP contribution in [0.2, 0.25) is 0 Å². The molecule has 0 aromatic heterocycles. The molecule has 2 aromatic rings. The van der Waals surface area contributed by atoms with Gasteiger partial charge < -0.3 is 14.6 Å². The molecule has 0 bridgehead atoms. The van der Waals surface area contributed by atoms with Gasteiger partial charge in [-0.05, 0) is 42.5 Å². The molecule has 0 amide bonds. The topological polar surface area (TPSA) is 41.9 Å². The number of aliphatic hydroxyl groups excluding tert-OH is 1. The van der Waals surface area contributed by atoms with Crippen LogP contribution < -0.4 is 4.74 Å². The molecule has 2 fully saturated rings. The molecule has 2 aliphatic rings. The van der Waals surface area contributed by atoms with Gasteiger partial charge in [-0.25, -0.2) is 0 Å². The highest BCUT2D eigenvalue weighted by Gasteiger charge is 2.50. The fraction of sp³-hybridized carbons (Fsp3) is 0.524. The molecule has 1 heterocycles. The van der Waals surface area contributed by atoms with E-state index in [1.165, 1.54) is 16.3 Å². The first-order chi connectivity index (χ1) is 12.2. The molecule has 4 nitrogen and oxygen atoms in total. The smallest absolute Gasteiger partial charge is 0.123 e. The number of methoxy groups -OCH3 is 2. The maximum Gasteiger partial charge on any atom is 0.123 e. The molecule has 1 aliphatic carbocycles. The van der Waals surface area contributed by atoms with Crippen LogP contribution in [0.4, 0.5) is 0 Å². The van der Waals surface area contributed by atoms with Crippen molar-refractivity contribution in [2.75, 3.05) is 20.8 Å². The number of benzene rings is 2. The van der Waals surface area contributed by atoms with E-state index in [9.17, 15) is 5.11 Å². The molecule has 0 spiro atoms. The molecule has 134 valence electrons. The summed E-state index contributed by atoms with van der Waals surface area (Å²) in [6.07, 6.45) is 3.40. The minimum Gasteiger partial charge on any atom is -0.496 e. The Hall–Kier alpha value is -1.62. The second kappa shape index (κ2) is 6.60. The lowest BCUT2D eigenvalue weighted by molar-refractivity contribution is -0.0879. The van der Waals surface area contributed by atoms with Gasteiger partial charge in [0.1, 0.15) is 5.75 Å². The lowest BCUT2D eigenvalue weighted by Crippen LogP contribution is -2.51. The standard InChI is InChI=1S/C21H27NO3/c1-24-19-8-7-15-5-3-4-6-17(15)18(19)14-22-12-11-21(25-2)10-9-16(23)13-20(21)22/h3-8,16,20,23H,9-14H2,1-2H3/t16-,20+,21-/m1/s1. The highest BCUT2D eigenvalue weighted by atomic mass is 16.5. The molecule has 4 heteroatoms. The van der Waals surface area contributed by atoms with Gasteiger partial charge in [-0.2, -0.15) is 0 Å². The predicted molar refractivity (Wildman–Crippen MR) is 98.9 cm³/mol. The van der Waals surface area contributed by atoms with Gasteiger partial charge in [-0.3, -0.25) is 4.90 Å². The quantitative estimate of drug-likeness (QED) is 0.926. The third-order valence-corrected chi connectivity index (χ3v) is 6.25. The van der Waals surface area contributed by atoms with Crippen LogP contribution in [0.3, 0.4) is 0 Å². The Bertz CT molecular complexity index is 762. The van der Waals surface area contributed by atoms with Gasteiger partial charge >= 0.3 is 0 Å². The fourth-order valence-electron chi connectivity index (χ4n) is 4.83. The summed E-state index contributed by atoms with van der Waals surface area (Å²) in [7, 11) is 3.56. The zero-order valence-corrected chi connectivity index (χ0v) is 15.1. The minimum absolute atomic E-state index is 0.100. The van der Waals surface area contributed by atoms with Crippen LogP contribution in [0.1, 0.15) is 31.2 Å². The van der Waals surface area contributed by atoms with Gasteiger partial charge in [0.25, 0.3) is 0 Å². The summed E-state index contributed by atoms with van der Waals surface area (Å²) in [5, 5.41) is 12.7. The maximum absolute atomic E-state index is 10.2. The van der Waals surface area contributed by atoms with Crippen molar-refractivity contribution in [1.82, 2.24) is 4.90 Å². The minimum atomic E-state index is -0.219. The number of fused-ring (bicyclic) bond motifs is 2. The van der Waals surface area contributed by atoms with E-state index in [0.29, 0.717) is 0 Å². The fourth-order valence-corrected chi connectivity index (χ4v) is 4.83. The lowest BCUT2D eigenvalue weighted by Gasteiger charge is -2.42. The third kappa shape index (κ3) is 2.82. The van der Waals surface area contributed by atoms with Crippen molar-refractivity contribution in [3.8, 4) is 5.75 Å². The first kappa shape index (κ1) is 16.8. The van der Waals surface area contributed by atoms with Crippen LogP contribution in [-0.4, -0.2) is 48.5 Å². The first-order valence-electron chi connectivity index (χ1n) is 9.19. The number of ether oxygens (including phenoxy) is 2. The van der Waals surface area contributed by atoms with E-state index in [0.717, 1.165) is 44.5 Å². The van der Waals surface area contributed by atoms with Crippen LogP contribution in [0.25, 0.3) is 10.8 Å². The molecule has 25 heavy (non-hydrogen) atoms. The molecule has 1 saturated heterocycles. The summed E-state index contributed by atoms with van der Waals surface area (Å²) >= 11 is 0. The number of hydrogen-bond acceptors (Lipinski definition) is 4. The molecule has 3 atom stereocenters. The van der Waals surface area contributed by atoms with Crippen molar-refractivity contribution in [3.63, 3.8) is 0 Å². The maximum atomic E-state index is 10.2. The summed E-state index contributed by atoms with van der Waals surface area (Å²) in [6, 6.07) is 12.9. The van der Waals surface area contributed by atoms with Crippen molar-refractivity contribution in [3.05, 3.63) is 42.0 Å². The Labute approximate surface area is 149 Å². The summed E-state index contributed by atoms with van der Waals surface area (Å²) in [6.45, 7) is 1.82. The van der Waals surface area contributed by atoms with E-state index >= 15 is 0 Å². The van der Waals surface area contributed by atoms with Crippen LogP contribution >= 0.6 is 0 Å².